The van der Waals surface area contributed by atoms with Gasteiger partial charge in [0.25, 0.3) is 0 Å². The summed E-state index contributed by atoms with van der Waals surface area (Å²) in [5, 5.41) is 3.57. The highest BCUT2D eigenvalue weighted by Crippen LogP contribution is 2.30. The Morgan fingerprint density at radius 1 is 1.22 bits per heavy atom. The molecule has 3 rings (SSSR count). The molecule has 2 saturated heterocycles. The van der Waals surface area contributed by atoms with Crippen molar-refractivity contribution in [2.45, 2.75) is 44.7 Å². The fraction of sp³-hybridized carbons (Fsp3) is 0.600. The number of hydrogen-bond donors (Lipinski definition) is 1. The van der Waals surface area contributed by atoms with Crippen molar-refractivity contribution in [2.24, 2.45) is 0 Å². The van der Waals surface area contributed by atoms with Crippen molar-refractivity contribution in [1.29, 1.82) is 0 Å². The van der Waals surface area contributed by atoms with Crippen LogP contribution in [-0.2, 0) is 0 Å². The summed E-state index contributed by atoms with van der Waals surface area (Å²) in [4.78, 5) is 2.59. The van der Waals surface area contributed by atoms with E-state index in [-0.39, 0.29) is 5.82 Å². The van der Waals surface area contributed by atoms with Gasteiger partial charge in [-0.3, -0.25) is 4.90 Å². The zero-order valence-corrected chi connectivity index (χ0v) is 11.0. The molecule has 2 atom stereocenters. The topological polar surface area (TPSA) is 15.3 Å². The third kappa shape index (κ3) is 2.12. The van der Waals surface area contributed by atoms with Crippen LogP contribution in [0.3, 0.4) is 0 Å². The van der Waals surface area contributed by atoms with Crippen LogP contribution in [0.5, 0.6) is 0 Å². The van der Waals surface area contributed by atoms with E-state index in [1.165, 1.54) is 44.8 Å². The van der Waals surface area contributed by atoms with Crippen LogP contribution < -0.4 is 5.32 Å². The Kier molecular flexibility index (Phi) is 3.25. The summed E-state index contributed by atoms with van der Waals surface area (Å²) in [6.45, 7) is 4.28. The standard InChI is InChI=1S/C15H21FN2/c1-11-12(16)5-4-6-13(11)17-14-8-10-18-9-3-2-7-15(14)18/h4-6,14-15,17H,2-3,7-10H2,1H3. The fourth-order valence-electron chi connectivity index (χ4n) is 3.38. The van der Waals surface area contributed by atoms with Crippen molar-refractivity contribution in [3.8, 4) is 0 Å². The SMILES string of the molecule is Cc1c(F)cccc1NC1CCN2CCCCC12. The molecule has 2 unspecified atom stereocenters. The van der Waals surface area contributed by atoms with Crippen molar-refractivity contribution >= 4 is 5.69 Å². The van der Waals surface area contributed by atoms with Crippen LogP contribution in [0.25, 0.3) is 0 Å². The van der Waals surface area contributed by atoms with Crippen molar-refractivity contribution < 1.29 is 4.39 Å². The largest absolute Gasteiger partial charge is 0.380 e. The second-order valence-electron chi connectivity index (χ2n) is 5.55. The lowest BCUT2D eigenvalue weighted by molar-refractivity contribution is 0.192. The minimum absolute atomic E-state index is 0.113. The van der Waals surface area contributed by atoms with Gasteiger partial charge in [-0.25, -0.2) is 4.39 Å². The minimum Gasteiger partial charge on any atom is -0.380 e. The van der Waals surface area contributed by atoms with Crippen LogP contribution >= 0.6 is 0 Å². The molecule has 2 nitrogen and oxygen atoms in total. The normalized spacial score (nSPS) is 28.1. The Balaban J connectivity index is 1.74. The Morgan fingerprint density at radius 2 is 2.11 bits per heavy atom. The van der Waals surface area contributed by atoms with E-state index in [0.717, 1.165) is 11.3 Å². The average molecular weight is 248 g/mol. The van der Waals surface area contributed by atoms with Gasteiger partial charge in [0.15, 0.2) is 0 Å². The molecule has 0 bridgehead atoms. The molecule has 1 aromatic carbocycles. The van der Waals surface area contributed by atoms with Gasteiger partial charge in [0.1, 0.15) is 5.82 Å². The molecule has 0 aliphatic carbocycles. The molecule has 2 fully saturated rings. The molecular weight excluding hydrogens is 227 g/mol. The molecule has 0 aromatic heterocycles. The van der Waals surface area contributed by atoms with E-state index >= 15 is 0 Å². The van der Waals surface area contributed by atoms with E-state index in [0.29, 0.717) is 12.1 Å². The molecule has 1 N–H and O–H groups in total. The van der Waals surface area contributed by atoms with Gasteiger partial charge in [0.2, 0.25) is 0 Å². The lowest BCUT2D eigenvalue weighted by Crippen LogP contribution is -2.41. The second-order valence-corrected chi connectivity index (χ2v) is 5.55. The van der Waals surface area contributed by atoms with Crippen molar-refractivity contribution in [3.05, 3.63) is 29.6 Å². The van der Waals surface area contributed by atoms with E-state index < -0.39 is 0 Å². The molecule has 0 radical (unpaired) electrons. The van der Waals surface area contributed by atoms with Crippen molar-refractivity contribution in [3.63, 3.8) is 0 Å². The Hall–Kier alpha value is -1.09. The van der Waals surface area contributed by atoms with E-state index in [9.17, 15) is 4.39 Å². The zero-order chi connectivity index (χ0) is 12.5. The zero-order valence-electron chi connectivity index (χ0n) is 11.0. The van der Waals surface area contributed by atoms with E-state index in [1.54, 1.807) is 6.07 Å². The molecule has 0 saturated carbocycles. The predicted molar refractivity (Wildman–Crippen MR) is 72.4 cm³/mol. The quantitative estimate of drug-likeness (QED) is 0.864. The molecule has 1 aromatic rings. The number of piperidine rings is 1. The maximum Gasteiger partial charge on any atom is 0.128 e. The molecule has 2 heterocycles. The summed E-state index contributed by atoms with van der Waals surface area (Å²) in [6, 6.07) is 6.46. The Labute approximate surface area is 108 Å². The number of anilines is 1. The van der Waals surface area contributed by atoms with Gasteiger partial charge in [-0.2, -0.15) is 0 Å². The number of nitrogens with zero attached hydrogens (tertiary/aromatic N) is 1. The van der Waals surface area contributed by atoms with Crippen LogP contribution in [-0.4, -0.2) is 30.1 Å². The number of fused-ring (bicyclic) bond motifs is 1. The van der Waals surface area contributed by atoms with E-state index in [4.69, 9.17) is 0 Å². The Morgan fingerprint density at radius 3 is 3.00 bits per heavy atom. The fourth-order valence-corrected chi connectivity index (χ4v) is 3.38. The highest BCUT2D eigenvalue weighted by atomic mass is 19.1. The van der Waals surface area contributed by atoms with Crippen molar-refractivity contribution in [1.82, 2.24) is 4.90 Å². The number of nitrogens with one attached hydrogen (secondary N) is 1. The van der Waals surface area contributed by atoms with Crippen LogP contribution in [0.2, 0.25) is 0 Å². The number of benzene rings is 1. The van der Waals surface area contributed by atoms with Crippen LogP contribution in [0.1, 0.15) is 31.2 Å². The first-order valence-electron chi connectivity index (χ1n) is 7.01. The van der Waals surface area contributed by atoms with E-state index in [1.807, 2.05) is 13.0 Å². The monoisotopic (exact) mass is 248 g/mol. The Bertz CT molecular complexity index is 433. The van der Waals surface area contributed by atoms with Gasteiger partial charge in [-0.05, 0) is 44.9 Å². The highest BCUT2D eigenvalue weighted by molar-refractivity contribution is 5.52. The number of rotatable bonds is 2. The maximum atomic E-state index is 13.5. The number of hydrogen-bond acceptors (Lipinski definition) is 2. The molecule has 0 amide bonds. The van der Waals surface area contributed by atoms with Gasteiger partial charge in [0.05, 0.1) is 0 Å². The first-order valence-corrected chi connectivity index (χ1v) is 7.01. The third-order valence-electron chi connectivity index (χ3n) is 4.46. The lowest BCUT2D eigenvalue weighted by atomic mass is 9.98. The van der Waals surface area contributed by atoms with E-state index in [2.05, 4.69) is 10.2 Å². The highest BCUT2D eigenvalue weighted by Gasteiger charge is 2.35. The predicted octanol–water partition coefficient (Wildman–Crippen LogP) is 3.17. The van der Waals surface area contributed by atoms with Crippen LogP contribution in [0.4, 0.5) is 10.1 Å². The van der Waals surface area contributed by atoms with Gasteiger partial charge >= 0.3 is 0 Å². The summed E-state index contributed by atoms with van der Waals surface area (Å²) < 4.78 is 13.5. The van der Waals surface area contributed by atoms with Crippen molar-refractivity contribution in [2.75, 3.05) is 18.4 Å². The first kappa shape index (κ1) is 12.0. The molecule has 0 spiro atoms. The summed E-state index contributed by atoms with van der Waals surface area (Å²) in [5.41, 5.74) is 1.71. The summed E-state index contributed by atoms with van der Waals surface area (Å²) in [6.07, 6.45) is 5.14. The minimum atomic E-state index is -0.113. The molecule has 2 aliphatic heterocycles. The second kappa shape index (κ2) is 4.88. The molecule has 18 heavy (non-hydrogen) atoms. The first-order chi connectivity index (χ1) is 8.75. The summed E-state index contributed by atoms with van der Waals surface area (Å²) >= 11 is 0. The van der Waals surface area contributed by atoms with Gasteiger partial charge in [-0.15, -0.1) is 0 Å². The average Bonchev–Trinajstić information content (AvgIpc) is 2.79. The molecule has 3 heteroatoms. The molecule has 98 valence electrons. The van der Waals surface area contributed by atoms with Gasteiger partial charge < -0.3 is 5.32 Å². The third-order valence-corrected chi connectivity index (χ3v) is 4.46. The lowest BCUT2D eigenvalue weighted by Gasteiger charge is -2.33. The maximum absolute atomic E-state index is 13.5. The number of halogens is 1. The van der Waals surface area contributed by atoms with Gasteiger partial charge in [0, 0.05) is 29.9 Å². The summed E-state index contributed by atoms with van der Waals surface area (Å²) in [5.74, 6) is -0.113. The summed E-state index contributed by atoms with van der Waals surface area (Å²) in [7, 11) is 0. The van der Waals surface area contributed by atoms with Crippen LogP contribution in [0, 0.1) is 12.7 Å². The smallest absolute Gasteiger partial charge is 0.128 e. The van der Waals surface area contributed by atoms with Gasteiger partial charge in [-0.1, -0.05) is 12.5 Å². The van der Waals surface area contributed by atoms with Crippen LogP contribution in [0.15, 0.2) is 18.2 Å². The molecule has 2 aliphatic rings. The molecular formula is C15H21FN2.